The monoisotopic (exact) mass is 623 g/mol. The lowest BCUT2D eigenvalue weighted by atomic mass is 10.1. The molecule has 0 atom stereocenters. The van der Waals surface area contributed by atoms with Crippen molar-refractivity contribution in [2.75, 3.05) is 44.3 Å². The Hall–Kier alpha value is -3.07. The van der Waals surface area contributed by atoms with Crippen LogP contribution in [0.3, 0.4) is 0 Å². The number of hydrogen-bond acceptors (Lipinski definition) is 10. The number of nitrogens with one attached hydrogen (secondary N) is 1. The summed E-state index contributed by atoms with van der Waals surface area (Å²) in [5, 5.41) is 2.85. The number of ether oxygens (including phenoxy) is 3. The van der Waals surface area contributed by atoms with Gasteiger partial charge in [-0.1, -0.05) is 17.8 Å². The molecule has 2 heterocycles. The Morgan fingerprint density at radius 3 is 2.59 bits per heavy atom. The van der Waals surface area contributed by atoms with E-state index in [0.29, 0.717) is 36.7 Å². The predicted octanol–water partition coefficient (Wildman–Crippen LogP) is 3.35. The lowest BCUT2D eigenvalue weighted by Gasteiger charge is -2.08. The van der Waals surface area contributed by atoms with Gasteiger partial charge >= 0.3 is 5.97 Å². The quantitative estimate of drug-likeness (QED) is 0.195. The Morgan fingerprint density at radius 2 is 1.85 bits per heavy atom. The number of aromatic nitrogens is 1. The van der Waals surface area contributed by atoms with Crippen LogP contribution in [0.2, 0.25) is 0 Å². The molecule has 0 radical (unpaired) electrons. The zero-order chi connectivity index (χ0) is 29.6. The fourth-order valence-electron chi connectivity index (χ4n) is 4.67. The fraction of sp³-hybridized carbons (Fsp3) is 0.481. The van der Waals surface area contributed by atoms with Crippen molar-refractivity contribution in [2.45, 2.75) is 45.6 Å². The molecule has 0 aliphatic heterocycles. The van der Waals surface area contributed by atoms with Crippen molar-refractivity contribution < 1.29 is 37.0 Å². The summed E-state index contributed by atoms with van der Waals surface area (Å²) in [5.41, 5.74) is 1.94. The molecular weight excluding hydrogens is 591 g/mol. The number of aryl methyl sites for hydroxylation is 1. The molecule has 222 valence electrons. The Kier molecular flexibility index (Phi) is 10.3. The zero-order valence-corrected chi connectivity index (χ0v) is 25.6. The van der Waals surface area contributed by atoms with Crippen LogP contribution in [0.5, 0.6) is 5.75 Å². The Balaban J connectivity index is 1.51. The standard InChI is InChI=1S/C27H33N3O8S3/c1-4-38-13-12-30-19-11-10-17(36-2)14-21(19)40-27(30)29-23(32)16-41(34,35)15-22(31)28-25-24(26(33)37-3)18-8-6-5-7-9-20(18)39-25/h10-11,14H,4-9,12-13,15-16H2,1-3H3,(H,28,31). The molecule has 1 N–H and O–H groups in total. The number of methoxy groups -OCH3 is 2. The lowest BCUT2D eigenvalue weighted by molar-refractivity contribution is -0.115. The van der Waals surface area contributed by atoms with Gasteiger partial charge in [0.25, 0.3) is 5.91 Å². The normalized spacial score (nSPS) is 14.0. The molecule has 14 heteroatoms. The molecule has 0 spiro atoms. The minimum absolute atomic E-state index is 0.274. The van der Waals surface area contributed by atoms with Gasteiger partial charge in [0, 0.05) is 18.0 Å². The molecule has 0 unspecified atom stereocenters. The second-order valence-corrected chi connectivity index (χ2v) is 13.6. The third kappa shape index (κ3) is 7.61. The number of anilines is 1. The van der Waals surface area contributed by atoms with E-state index >= 15 is 0 Å². The molecule has 0 saturated carbocycles. The van der Waals surface area contributed by atoms with Crippen LogP contribution in [-0.2, 0) is 48.3 Å². The van der Waals surface area contributed by atoms with Crippen LogP contribution in [0, 0.1) is 0 Å². The van der Waals surface area contributed by atoms with Gasteiger partial charge < -0.3 is 24.1 Å². The number of benzene rings is 1. The summed E-state index contributed by atoms with van der Waals surface area (Å²) >= 11 is 2.50. The molecule has 0 bridgehead atoms. The van der Waals surface area contributed by atoms with Gasteiger partial charge in [-0.3, -0.25) is 9.59 Å². The van der Waals surface area contributed by atoms with Crippen LogP contribution in [0.4, 0.5) is 5.00 Å². The van der Waals surface area contributed by atoms with E-state index in [9.17, 15) is 22.8 Å². The molecule has 11 nitrogen and oxygen atoms in total. The Morgan fingerprint density at radius 1 is 1.07 bits per heavy atom. The molecular formula is C27H33N3O8S3. The van der Waals surface area contributed by atoms with Gasteiger partial charge in [-0.2, -0.15) is 4.99 Å². The molecule has 2 amide bonds. The summed E-state index contributed by atoms with van der Waals surface area (Å²) in [4.78, 5) is 43.5. The molecule has 0 saturated heterocycles. The van der Waals surface area contributed by atoms with Crippen molar-refractivity contribution in [1.82, 2.24) is 4.57 Å². The van der Waals surface area contributed by atoms with E-state index in [1.54, 1.807) is 17.7 Å². The summed E-state index contributed by atoms with van der Waals surface area (Å²) in [6, 6.07) is 5.44. The van der Waals surface area contributed by atoms with Crippen LogP contribution in [-0.4, -0.2) is 69.7 Å². The van der Waals surface area contributed by atoms with Gasteiger partial charge in [-0.15, -0.1) is 11.3 Å². The minimum Gasteiger partial charge on any atom is -0.497 e. The van der Waals surface area contributed by atoms with Crippen molar-refractivity contribution in [3.63, 3.8) is 0 Å². The van der Waals surface area contributed by atoms with Crippen molar-refractivity contribution in [1.29, 1.82) is 0 Å². The number of nitrogens with zero attached hydrogens (tertiary/aromatic N) is 2. The van der Waals surface area contributed by atoms with Crippen molar-refractivity contribution in [3.8, 4) is 5.75 Å². The number of thiazole rings is 1. The second-order valence-electron chi connectivity index (χ2n) is 9.41. The molecule has 4 rings (SSSR count). The van der Waals surface area contributed by atoms with E-state index in [1.807, 2.05) is 19.1 Å². The maximum absolute atomic E-state index is 12.8. The topological polar surface area (TPSA) is 142 Å². The van der Waals surface area contributed by atoms with Crippen LogP contribution < -0.4 is 14.9 Å². The van der Waals surface area contributed by atoms with Gasteiger partial charge in [0.2, 0.25) is 5.91 Å². The summed E-state index contributed by atoms with van der Waals surface area (Å²) in [7, 11) is -1.34. The molecule has 1 aromatic carbocycles. The van der Waals surface area contributed by atoms with Gasteiger partial charge in [0.1, 0.15) is 22.3 Å². The number of carbonyl (C=O) groups is 3. The zero-order valence-electron chi connectivity index (χ0n) is 23.2. The average Bonchev–Trinajstić information content (AvgIpc) is 3.33. The number of carbonyl (C=O) groups excluding carboxylic acids is 3. The van der Waals surface area contributed by atoms with E-state index < -0.39 is 39.1 Å². The summed E-state index contributed by atoms with van der Waals surface area (Å²) in [5.74, 6) is -3.52. The van der Waals surface area contributed by atoms with Crippen molar-refractivity contribution in [2.24, 2.45) is 4.99 Å². The maximum Gasteiger partial charge on any atom is 0.341 e. The second kappa shape index (κ2) is 13.7. The van der Waals surface area contributed by atoms with Crippen LogP contribution >= 0.6 is 22.7 Å². The molecule has 1 aliphatic rings. The van der Waals surface area contributed by atoms with Crippen LogP contribution in [0.25, 0.3) is 10.2 Å². The Labute approximate surface area is 246 Å². The molecule has 1 aliphatic carbocycles. The molecule has 2 aromatic heterocycles. The van der Waals surface area contributed by atoms with Crippen LogP contribution in [0.1, 0.15) is 47.0 Å². The first-order chi connectivity index (χ1) is 19.7. The molecule has 3 aromatic rings. The number of esters is 1. The molecule has 41 heavy (non-hydrogen) atoms. The van der Waals surface area contributed by atoms with Gasteiger partial charge in [0.15, 0.2) is 14.6 Å². The highest BCUT2D eigenvalue weighted by Gasteiger charge is 2.28. The number of rotatable bonds is 11. The smallest absolute Gasteiger partial charge is 0.341 e. The fourth-order valence-corrected chi connectivity index (χ4v) is 8.08. The van der Waals surface area contributed by atoms with E-state index in [1.165, 1.54) is 29.8 Å². The highest BCUT2D eigenvalue weighted by molar-refractivity contribution is 7.92. The predicted molar refractivity (Wildman–Crippen MR) is 158 cm³/mol. The SMILES string of the molecule is CCOCCn1c(=NC(=O)CS(=O)(=O)CC(=O)Nc2sc3c(c2C(=O)OC)CCCCC3)sc2cc(OC)ccc21. The first-order valence-corrected chi connectivity index (χ1v) is 16.7. The van der Waals surface area contributed by atoms with Gasteiger partial charge in [-0.05, 0) is 56.4 Å². The van der Waals surface area contributed by atoms with E-state index in [0.717, 1.165) is 46.3 Å². The summed E-state index contributed by atoms with van der Waals surface area (Å²) in [6.07, 6.45) is 4.41. The van der Waals surface area contributed by atoms with Gasteiger partial charge in [-0.25, -0.2) is 13.2 Å². The number of hydrogen-bond donors (Lipinski definition) is 1. The third-order valence-electron chi connectivity index (χ3n) is 6.53. The number of sulfone groups is 1. The largest absolute Gasteiger partial charge is 0.497 e. The highest BCUT2D eigenvalue weighted by Crippen LogP contribution is 2.38. The summed E-state index contributed by atoms with van der Waals surface area (Å²) in [6.45, 7) is 3.20. The lowest BCUT2D eigenvalue weighted by Crippen LogP contribution is -2.28. The average molecular weight is 624 g/mol. The van der Waals surface area contributed by atoms with E-state index in [-0.39, 0.29) is 10.6 Å². The first-order valence-electron chi connectivity index (χ1n) is 13.2. The molecule has 0 fully saturated rings. The minimum atomic E-state index is -4.16. The number of amides is 2. The number of thiophene rings is 1. The van der Waals surface area contributed by atoms with Crippen molar-refractivity contribution >= 4 is 65.5 Å². The maximum atomic E-state index is 12.8. The van der Waals surface area contributed by atoms with Crippen molar-refractivity contribution in [3.05, 3.63) is 39.0 Å². The highest BCUT2D eigenvalue weighted by atomic mass is 32.2. The summed E-state index contributed by atoms with van der Waals surface area (Å²) < 4.78 is 43.9. The van der Waals surface area contributed by atoms with E-state index in [4.69, 9.17) is 14.2 Å². The van der Waals surface area contributed by atoms with E-state index in [2.05, 4.69) is 10.3 Å². The first kappa shape index (κ1) is 30.9. The third-order valence-corrected chi connectivity index (χ3v) is 10.2. The van der Waals surface area contributed by atoms with Crippen LogP contribution in [0.15, 0.2) is 23.2 Å². The van der Waals surface area contributed by atoms with Gasteiger partial charge in [0.05, 0.1) is 36.6 Å². The Bertz CT molecular complexity index is 1620. The number of fused-ring (bicyclic) bond motifs is 2.